The molecule has 0 aliphatic carbocycles. The smallest absolute Gasteiger partial charge is 0.410 e. The molecular formula is C39H48FN6O5P. The summed E-state index contributed by atoms with van der Waals surface area (Å²) in [6.45, 7) is 12.9. The van der Waals surface area contributed by atoms with E-state index in [9.17, 15) is 9.36 Å². The van der Waals surface area contributed by atoms with Crippen LogP contribution in [0.4, 0.5) is 15.0 Å². The van der Waals surface area contributed by atoms with Gasteiger partial charge >= 0.3 is 12.1 Å². The lowest BCUT2D eigenvalue weighted by molar-refractivity contribution is 0.0122. The summed E-state index contributed by atoms with van der Waals surface area (Å²) in [5.41, 5.74) is 0.0700. The Balaban J connectivity index is 1.22. The molecule has 4 aromatic rings. The second kappa shape index (κ2) is 13.2. The molecule has 2 aromatic carbocycles. The van der Waals surface area contributed by atoms with Crippen LogP contribution in [-0.4, -0.2) is 100 Å². The van der Waals surface area contributed by atoms with Crippen LogP contribution in [-0.2, 0) is 13.8 Å². The fourth-order valence-electron chi connectivity index (χ4n) is 8.91. The van der Waals surface area contributed by atoms with Gasteiger partial charge in [0.1, 0.15) is 29.2 Å². The third-order valence-electron chi connectivity index (χ3n) is 11.3. The number of aromatic nitrogens is 3. The predicted octanol–water partition coefficient (Wildman–Crippen LogP) is 7.15. The maximum atomic E-state index is 17.2. The van der Waals surface area contributed by atoms with Gasteiger partial charge in [-0.3, -0.25) is 19.3 Å². The fraction of sp³-hybridized carbons (Fsp3) is 0.538. The van der Waals surface area contributed by atoms with Crippen LogP contribution in [0.5, 0.6) is 6.01 Å². The topological polar surface area (TPSA) is 110 Å². The Kier molecular flexibility index (Phi) is 8.94. The van der Waals surface area contributed by atoms with Crippen molar-refractivity contribution >= 4 is 46.3 Å². The molecule has 4 aliphatic heterocycles. The fourth-order valence-corrected chi connectivity index (χ4v) is 10.3. The van der Waals surface area contributed by atoms with E-state index in [0.717, 1.165) is 62.4 Å². The summed E-state index contributed by atoms with van der Waals surface area (Å²) in [4.78, 5) is 34.2. The van der Waals surface area contributed by atoms with Crippen LogP contribution in [0.2, 0.25) is 0 Å². The molecule has 4 saturated heterocycles. The van der Waals surface area contributed by atoms with E-state index in [4.69, 9.17) is 28.9 Å². The molecule has 6 heterocycles. The first-order chi connectivity index (χ1) is 24.9. The Morgan fingerprint density at radius 1 is 1.04 bits per heavy atom. The molecule has 1 unspecified atom stereocenters. The Labute approximate surface area is 304 Å². The second-order valence-electron chi connectivity index (χ2n) is 15.9. The van der Waals surface area contributed by atoms with Gasteiger partial charge in [-0.2, -0.15) is 9.97 Å². The summed E-state index contributed by atoms with van der Waals surface area (Å²) >= 11 is 0. The molecular weight excluding hydrogens is 682 g/mol. The minimum atomic E-state index is -3.20. The van der Waals surface area contributed by atoms with E-state index in [0.29, 0.717) is 41.8 Å². The number of anilines is 1. The van der Waals surface area contributed by atoms with Crippen molar-refractivity contribution in [2.24, 2.45) is 0 Å². The number of carbonyl (C=O) groups excluding carboxylic acids is 1. The van der Waals surface area contributed by atoms with E-state index in [1.54, 1.807) is 25.9 Å². The number of piperazine rings is 1. The number of halogens is 1. The van der Waals surface area contributed by atoms with Gasteiger partial charge in [0.25, 0.3) is 0 Å². The second-order valence-corrected chi connectivity index (χ2v) is 18.3. The first kappa shape index (κ1) is 35.2. The van der Waals surface area contributed by atoms with Gasteiger partial charge in [-0.25, -0.2) is 9.18 Å². The standard InChI is InChI=1S/C39H48FN6O5P/c1-6-50-52(5,48)28-19-25-11-7-8-12-29(25)30(20-28)33-32(40)34-31(21-41-33)35(43-36(42-34)49-24-39-15-9-17-45(39)18-10-16-39)44-22-26-13-14-27(23-44)46(26)37(47)51-38(2,3)4/h7-8,11-12,19-21,26-27H,6,9-10,13-18,22-24H2,1-5H3/t26-,27+,52?. The minimum Gasteiger partial charge on any atom is -0.461 e. The highest BCUT2D eigenvalue weighted by Gasteiger charge is 2.46. The van der Waals surface area contributed by atoms with Gasteiger partial charge < -0.3 is 18.9 Å². The van der Waals surface area contributed by atoms with Gasteiger partial charge in [-0.05, 0) is 102 Å². The average Bonchev–Trinajstić information content (AvgIpc) is 3.77. The van der Waals surface area contributed by atoms with E-state index in [2.05, 4.69) is 9.80 Å². The van der Waals surface area contributed by atoms with Crippen LogP contribution in [0.25, 0.3) is 32.9 Å². The molecule has 2 aromatic heterocycles. The maximum absolute atomic E-state index is 17.2. The zero-order chi connectivity index (χ0) is 36.4. The van der Waals surface area contributed by atoms with Crippen LogP contribution in [0.15, 0.2) is 42.6 Å². The minimum absolute atomic E-state index is 0.0490. The molecule has 4 fully saturated rings. The van der Waals surface area contributed by atoms with Gasteiger partial charge in [-0.15, -0.1) is 0 Å². The summed E-state index contributed by atoms with van der Waals surface area (Å²) in [7, 11) is -3.20. The molecule has 276 valence electrons. The third kappa shape index (κ3) is 6.30. The average molecular weight is 731 g/mol. The number of benzene rings is 2. The first-order valence-corrected chi connectivity index (χ1v) is 20.7. The van der Waals surface area contributed by atoms with Gasteiger partial charge in [0.05, 0.1) is 29.6 Å². The van der Waals surface area contributed by atoms with Gasteiger partial charge in [0, 0.05) is 36.8 Å². The lowest BCUT2D eigenvalue weighted by atomic mass is 9.95. The molecule has 0 spiro atoms. The number of amides is 1. The molecule has 52 heavy (non-hydrogen) atoms. The van der Waals surface area contributed by atoms with Gasteiger partial charge in [0.2, 0.25) is 7.37 Å². The molecule has 1 amide bonds. The maximum Gasteiger partial charge on any atom is 0.410 e. The highest BCUT2D eigenvalue weighted by Crippen LogP contribution is 2.45. The zero-order valence-electron chi connectivity index (χ0n) is 30.7. The van der Waals surface area contributed by atoms with E-state index < -0.39 is 18.8 Å². The number of pyridine rings is 1. The largest absolute Gasteiger partial charge is 0.461 e. The van der Waals surface area contributed by atoms with Crippen molar-refractivity contribution in [2.45, 2.75) is 89.4 Å². The van der Waals surface area contributed by atoms with Crippen molar-refractivity contribution in [2.75, 3.05) is 51.0 Å². The Hall–Kier alpha value is -3.86. The van der Waals surface area contributed by atoms with Gasteiger partial charge in [-0.1, -0.05) is 24.3 Å². The number of carbonyl (C=O) groups is 1. The number of nitrogens with zero attached hydrogens (tertiary/aromatic N) is 6. The Morgan fingerprint density at radius 3 is 2.44 bits per heavy atom. The van der Waals surface area contributed by atoms with Crippen molar-refractivity contribution in [3.8, 4) is 17.3 Å². The van der Waals surface area contributed by atoms with Gasteiger partial charge in [0.15, 0.2) is 5.82 Å². The van der Waals surface area contributed by atoms with Crippen LogP contribution >= 0.6 is 7.37 Å². The summed E-state index contributed by atoms with van der Waals surface area (Å²) in [5.74, 6) is -0.0635. The van der Waals surface area contributed by atoms with E-state index >= 15 is 4.39 Å². The predicted molar refractivity (Wildman–Crippen MR) is 200 cm³/mol. The molecule has 3 atom stereocenters. The van der Waals surface area contributed by atoms with Crippen molar-refractivity contribution in [3.63, 3.8) is 0 Å². The SMILES string of the molecule is CCOP(C)(=O)c1cc(-c2ncc3c(N4C[C@H]5CC[C@@H](C4)N5C(=O)OC(C)(C)C)nc(OCC45CCCN4CCC5)nc3c2F)c2ccccc2c1. The molecule has 0 saturated carbocycles. The highest BCUT2D eigenvalue weighted by atomic mass is 31.2. The number of fused-ring (bicyclic) bond motifs is 5. The molecule has 0 radical (unpaired) electrons. The number of hydrogen-bond donors (Lipinski definition) is 0. The van der Waals surface area contributed by atoms with E-state index in [1.807, 2.05) is 56.0 Å². The molecule has 8 rings (SSSR count). The van der Waals surface area contributed by atoms with Crippen LogP contribution < -0.4 is 14.9 Å². The first-order valence-electron chi connectivity index (χ1n) is 18.6. The van der Waals surface area contributed by atoms with Crippen molar-refractivity contribution < 1.29 is 27.7 Å². The Bertz CT molecular complexity index is 2070. The zero-order valence-corrected chi connectivity index (χ0v) is 31.6. The van der Waals surface area contributed by atoms with E-state index in [-0.39, 0.29) is 47.5 Å². The third-order valence-corrected chi connectivity index (χ3v) is 13.2. The summed E-state index contributed by atoms with van der Waals surface area (Å²) in [6.07, 6.45) is 7.38. The van der Waals surface area contributed by atoms with E-state index in [1.165, 1.54) is 0 Å². The van der Waals surface area contributed by atoms with Crippen LogP contribution in [0, 0.1) is 5.82 Å². The molecule has 11 nitrogen and oxygen atoms in total. The molecule has 2 bridgehead atoms. The molecule has 0 N–H and O–H groups in total. The monoisotopic (exact) mass is 730 g/mol. The summed E-state index contributed by atoms with van der Waals surface area (Å²) in [6, 6.07) is 11.2. The van der Waals surface area contributed by atoms with Crippen molar-refractivity contribution in [1.82, 2.24) is 24.8 Å². The highest BCUT2D eigenvalue weighted by molar-refractivity contribution is 7.66. The van der Waals surface area contributed by atoms with Crippen molar-refractivity contribution in [3.05, 3.63) is 48.4 Å². The summed E-state index contributed by atoms with van der Waals surface area (Å²) < 4.78 is 48.8. The number of rotatable bonds is 8. The lowest BCUT2D eigenvalue weighted by Crippen LogP contribution is -2.57. The van der Waals surface area contributed by atoms with Crippen LogP contribution in [0.1, 0.15) is 66.2 Å². The quantitative estimate of drug-likeness (QED) is 0.174. The number of hydrogen-bond acceptors (Lipinski definition) is 10. The number of ether oxygens (including phenoxy) is 2. The Morgan fingerprint density at radius 2 is 1.75 bits per heavy atom. The lowest BCUT2D eigenvalue weighted by Gasteiger charge is -2.42. The molecule has 13 heteroatoms. The van der Waals surface area contributed by atoms with Crippen LogP contribution in [0.3, 0.4) is 0 Å². The normalized spacial score (nSPS) is 22.6. The summed E-state index contributed by atoms with van der Waals surface area (Å²) in [5, 5.41) is 2.54. The molecule has 4 aliphatic rings. The van der Waals surface area contributed by atoms with Crippen molar-refractivity contribution in [1.29, 1.82) is 0 Å².